The molecule has 0 aliphatic carbocycles. The Bertz CT molecular complexity index is 857. The minimum absolute atomic E-state index is 0.0110. The summed E-state index contributed by atoms with van der Waals surface area (Å²) in [7, 11) is -3.04. The van der Waals surface area contributed by atoms with E-state index in [2.05, 4.69) is 10.3 Å². The Morgan fingerprint density at radius 1 is 1.39 bits per heavy atom. The molecule has 1 aromatic carbocycles. The Kier molecular flexibility index (Phi) is 3.91. The van der Waals surface area contributed by atoms with Crippen molar-refractivity contribution in [3.8, 4) is 0 Å². The summed E-state index contributed by atoms with van der Waals surface area (Å²) in [5.41, 5.74) is 1.12. The van der Waals surface area contributed by atoms with Gasteiger partial charge in [0.2, 0.25) is 5.91 Å². The van der Waals surface area contributed by atoms with E-state index >= 15 is 0 Å². The van der Waals surface area contributed by atoms with Crippen molar-refractivity contribution in [2.24, 2.45) is 0 Å². The van der Waals surface area contributed by atoms with Crippen molar-refractivity contribution < 1.29 is 13.2 Å². The summed E-state index contributed by atoms with van der Waals surface area (Å²) in [5, 5.41) is 2.90. The lowest BCUT2D eigenvalue weighted by atomic mass is 10.0. The molecule has 0 saturated carbocycles. The highest BCUT2D eigenvalue weighted by molar-refractivity contribution is 7.91. The molecule has 0 bridgehead atoms. The molecule has 1 atom stereocenters. The van der Waals surface area contributed by atoms with Gasteiger partial charge in [0.25, 0.3) is 0 Å². The van der Waals surface area contributed by atoms with Crippen LogP contribution in [-0.4, -0.2) is 40.9 Å². The third kappa shape index (κ3) is 3.24. The van der Waals surface area contributed by atoms with Gasteiger partial charge in [-0.3, -0.25) is 4.79 Å². The third-order valence-electron chi connectivity index (χ3n) is 4.30. The number of fused-ring (bicyclic) bond motifs is 1. The molecular weight excluding hydrogens is 314 g/mol. The minimum Gasteiger partial charge on any atom is -0.348 e. The van der Waals surface area contributed by atoms with Crippen LogP contribution < -0.4 is 5.32 Å². The van der Waals surface area contributed by atoms with Gasteiger partial charge in [0.15, 0.2) is 9.84 Å². The van der Waals surface area contributed by atoms with E-state index in [-0.39, 0.29) is 24.0 Å². The standard InChI is InChI=1S/C16H21N3O3S/c1-3-14-17-12-6-4-5-7-13(12)19(14)10-15(20)18-16(2)8-9-23(21,22)11-16/h4-7H,3,8-11H2,1-2H3,(H,18,20). The second-order valence-electron chi connectivity index (χ2n) is 6.41. The first-order valence-electron chi connectivity index (χ1n) is 7.77. The average Bonchev–Trinajstić information content (AvgIpc) is 2.96. The molecule has 0 spiro atoms. The Hall–Kier alpha value is -1.89. The number of nitrogens with one attached hydrogen (secondary N) is 1. The predicted octanol–water partition coefficient (Wildman–Crippen LogP) is 1.29. The van der Waals surface area contributed by atoms with E-state index in [1.54, 1.807) is 6.92 Å². The Labute approximate surface area is 135 Å². The van der Waals surface area contributed by atoms with Gasteiger partial charge in [-0.15, -0.1) is 0 Å². The van der Waals surface area contributed by atoms with E-state index in [0.29, 0.717) is 6.42 Å². The zero-order chi connectivity index (χ0) is 16.7. The van der Waals surface area contributed by atoms with Crippen LogP contribution in [0.15, 0.2) is 24.3 Å². The quantitative estimate of drug-likeness (QED) is 0.913. The first-order chi connectivity index (χ1) is 10.8. The van der Waals surface area contributed by atoms with Gasteiger partial charge < -0.3 is 9.88 Å². The smallest absolute Gasteiger partial charge is 0.240 e. The molecule has 1 aromatic heterocycles. The van der Waals surface area contributed by atoms with E-state index in [1.807, 2.05) is 35.8 Å². The number of aromatic nitrogens is 2. The zero-order valence-corrected chi connectivity index (χ0v) is 14.2. The van der Waals surface area contributed by atoms with E-state index in [1.165, 1.54) is 0 Å². The van der Waals surface area contributed by atoms with Crippen molar-refractivity contribution in [3.63, 3.8) is 0 Å². The molecule has 2 aromatic rings. The van der Waals surface area contributed by atoms with Crippen LogP contribution in [0.1, 0.15) is 26.1 Å². The van der Waals surface area contributed by atoms with Crippen LogP contribution in [0.4, 0.5) is 0 Å². The van der Waals surface area contributed by atoms with Crippen molar-refractivity contribution in [2.45, 2.75) is 38.8 Å². The molecule has 1 saturated heterocycles. The van der Waals surface area contributed by atoms with Gasteiger partial charge in [0, 0.05) is 6.42 Å². The largest absolute Gasteiger partial charge is 0.348 e. The van der Waals surface area contributed by atoms with E-state index in [4.69, 9.17) is 0 Å². The number of amides is 1. The van der Waals surface area contributed by atoms with Crippen molar-refractivity contribution in [1.29, 1.82) is 0 Å². The van der Waals surface area contributed by atoms with Crippen molar-refractivity contribution in [2.75, 3.05) is 11.5 Å². The summed E-state index contributed by atoms with van der Waals surface area (Å²) >= 11 is 0. The molecule has 1 fully saturated rings. The minimum atomic E-state index is -3.04. The molecule has 1 N–H and O–H groups in total. The number of hydrogen-bond acceptors (Lipinski definition) is 4. The summed E-state index contributed by atoms with van der Waals surface area (Å²) in [6, 6.07) is 7.70. The van der Waals surface area contributed by atoms with Crippen molar-refractivity contribution in [1.82, 2.24) is 14.9 Å². The van der Waals surface area contributed by atoms with Gasteiger partial charge >= 0.3 is 0 Å². The molecule has 0 radical (unpaired) electrons. The maximum Gasteiger partial charge on any atom is 0.240 e. The van der Waals surface area contributed by atoms with Crippen LogP contribution in [0, 0.1) is 0 Å². The number of benzene rings is 1. The highest BCUT2D eigenvalue weighted by Gasteiger charge is 2.39. The Balaban J connectivity index is 1.81. The molecular formula is C16H21N3O3S. The number of sulfone groups is 1. The van der Waals surface area contributed by atoms with Crippen LogP contribution >= 0.6 is 0 Å². The maximum atomic E-state index is 12.4. The molecule has 124 valence electrons. The van der Waals surface area contributed by atoms with Crippen LogP contribution in [0.3, 0.4) is 0 Å². The molecule has 6 nitrogen and oxygen atoms in total. The van der Waals surface area contributed by atoms with Gasteiger partial charge in [-0.2, -0.15) is 0 Å². The number of nitrogens with zero attached hydrogens (tertiary/aromatic N) is 2. The SMILES string of the molecule is CCc1nc2ccccc2n1CC(=O)NC1(C)CCS(=O)(=O)C1. The fourth-order valence-corrected chi connectivity index (χ4v) is 5.29. The normalized spacial score (nSPS) is 23.2. The van der Waals surface area contributed by atoms with E-state index in [9.17, 15) is 13.2 Å². The predicted molar refractivity (Wildman–Crippen MR) is 88.9 cm³/mol. The van der Waals surface area contributed by atoms with Crippen LogP contribution in [0.2, 0.25) is 0 Å². The number of hydrogen-bond donors (Lipinski definition) is 1. The number of carbonyl (C=O) groups excluding carboxylic acids is 1. The van der Waals surface area contributed by atoms with Crippen molar-refractivity contribution in [3.05, 3.63) is 30.1 Å². The highest BCUT2D eigenvalue weighted by atomic mass is 32.2. The van der Waals surface area contributed by atoms with Crippen LogP contribution in [0.5, 0.6) is 0 Å². The van der Waals surface area contributed by atoms with E-state index in [0.717, 1.165) is 23.3 Å². The van der Waals surface area contributed by atoms with Gasteiger partial charge in [0.1, 0.15) is 12.4 Å². The van der Waals surface area contributed by atoms with Gasteiger partial charge in [-0.05, 0) is 25.5 Å². The number of carbonyl (C=O) groups is 1. The Morgan fingerprint density at radius 2 is 2.13 bits per heavy atom. The summed E-state index contributed by atoms with van der Waals surface area (Å²) in [5.74, 6) is 0.822. The van der Waals surface area contributed by atoms with Gasteiger partial charge in [-0.25, -0.2) is 13.4 Å². The molecule has 1 aliphatic rings. The van der Waals surface area contributed by atoms with Crippen LogP contribution in [-0.2, 0) is 27.6 Å². The fraction of sp³-hybridized carbons (Fsp3) is 0.500. The zero-order valence-electron chi connectivity index (χ0n) is 13.4. The lowest BCUT2D eigenvalue weighted by Gasteiger charge is -2.24. The second kappa shape index (κ2) is 5.63. The lowest BCUT2D eigenvalue weighted by Crippen LogP contribution is -2.48. The lowest BCUT2D eigenvalue weighted by molar-refractivity contribution is -0.123. The molecule has 1 amide bonds. The topological polar surface area (TPSA) is 81.1 Å². The number of para-hydroxylation sites is 2. The maximum absolute atomic E-state index is 12.4. The average molecular weight is 335 g/mol. The number of rotatable bonds is 4. The molecule has 23 heavy (non-hydrogen) atoms. The molecule has 3 rings (SSSR count). The number of aryl methyl sites for hydroxylation is 1. The monoisotopic (exact) mass is 335 g/mol. The molecule has 7 heteroatoms. The van der Waals surface area contributed by atoms with E-state index < -0.39 is 15.4 Å². The molecule has 1 aliphatic heterocycles. The summed E-state index contributed by atoms with van der Waals surface area (Å²) in [6.45, 7) is 3.95. The first kappa shape index (κ1) is 16.0. The van der Waals surface area contributed by atoms with Crippen LogP contribution in [0.25, 0.3) is 11.0 Å². The molecule has 1 unspecified atom stereocenters. The third-order valence-corrected chi connectivity index (χ3v) is 6.20. The second-order valence-corrected chi connectivity index (χ2v) is 8.59. The van der Waals surface area contributed by atoms with Gasteiger partial charge in [-0.1, -0.05) is 19.1 Å². The van der Waals surface area contributed by atoms with Crippen molar-refractivity contribution >= 4 is 26.8 Å². The summed E-state index contributed by atoms with van der Waals surface area (Å²) in [6.07, 6.45) is 1.19. The Morgan fingerprint density at radius 3 is 2.78 bits per heavy atom. The first-order valence-corrected chi connectivity index (χ1v) is 9.60. The van der Waals surface area contributed by atoms with Gasteiger partial charge in [0.05, 0.1) is 28.1 Å². The molecule has 2 heterocycles. The number of imidazole rings is 1. The summed E-state index contributed by atoms with van der Waals surface area (Å²) in [4.78, 5) is 17.0. The fourth-order valence-electron chi connectivity index (χ4n) is 3.20. The highest BCUT2D eigenvalue weighted by Crippen LogP contribution is 2.23. The summed E-state index contributed by atoms with van der Waals surface area (Å²) < 4.78 is 25.2.